The number of nitrogens with zero attached hydrogens (tertiary/aromatic N) is 2. The van der Waals surface area contributed by atoms with E-state index in [1.165, 1.54) is 38.5 Å². The Balaban J connectivity index is 1.61. The van der Waals surface area contributed by atoms with Gasteiger partial charge in [0.1, 0.15) is 0 Å². The Labute approximate surface area is 90.4 Å². The monoisotopic (exact) mass is 206 g/mol. The second-order valence-electron chi connectivity index (χ2n) is 4.90. The molecule has 1 atom stereocenters. The van der Waals surface area contributed by atoms with Crippen LogP contribution in [0, 0.1) is 0 Å². The van der Waals surface area contributed by atoms with Gasteiger partial charge in [-0.25, -0.2) is 0 Å². The van der Waals surface area contributed by atoms with Crippen LogP contribution in [0.3, 0.4) is 0 Å². The van der Waals surface area contributed by atoms with Crippen LogP contribution in [0.1, 0.15) is 38.5 Å². The van der Waals surface area contributed by atoms with E-state index in [9.17, 15) is 0 Å². The molecule has 82 valence electrons. The van der Waals surface area contributed by atoms with Gasteiger partial charge >= 0.3 is 0 Å². The molecule has 1 unspecified atom stereocenters. The third kappa shape index (κ3) is 1.81. The second-order valence-corrected chi connectivity index (χ2v) is 4.90. The summed E-state index contributed by atoms with van der Waals surface area (Å²) in [7, 11) is 0. The van der Waals surface area contributed by atoms with Crippen molar-refractivity contribution in [3.8, 4) is 0 Å². The normalized spacial score (nSPS) is 28.9. The zero-order valence-electron chi connectivity index (χ0n) is 9.06. The van der Waals surface area contributed by atoms with E-state index in [0.29, 0.717) is 6.10 Å². The summed E-state index contributed by atoms with van der Waals surface area (Å²) in [6.45, 7) is 0.925. The third-order valence-corrected chi connectivity index (χ3v) is 3.80. The second kappa shape index (κ2) is 3.63. The van der Waals surface area contributed by atoms with E-state index in [0.717, 1.165) is 6.54 Å². The molecule has 2 heterocycles. The SMILES string of the molecule is c1cnn(CC2CCC3(CCCC3)O2)c1. The third-order valence-electron chi connectivity index (χ3n) is 3.80. The maximum Gasteiger partial charge on any atom is 0.0779 e. The van der Waals surface area contributed by atoms with Crippen LogP contribution in [0.2, 0.25) is 0 Å². The predicted molar refractivity (Wildman–Crippen MR) is 57.5 cm³/mol. The van der Waals surface area contributed by atoms with Crippen LogP contribution in [0.25, 0.3) is 0 Å². The van der Waals surface area contributed by atoms with Crippen LogP contribution in [0.15, 0.2) is 18.5 Å². The summed E-state index contributed by atoms with van der Waals surface area (Å²) < 4.78 is 8.21. The molecular formula is C12H18N2O. The zero-order chi connectivity index (χ0) is 10.1. The van der Waals surface area contributed by atoms with E-state index in [4.69, 9.17) is 4.74 Å². The van der Waals surface area contributed by atoms with Gasteiger partial charge in [-0.05, 0) is 31.7 Å². The van der Waals surface area contributed by atoms with Crippen molar-refractivity contribution in [2.24, 2.45) is 0 Å². The van der Waals surface area contributed by atoms with Crippen molar-refractivity contribution in [1.29, 1.82) is 0 Å². The molecule has 3 rings (SSSR count). The first-order valence-corrected chi connectivity index (χ1v) is 6.02. The van der Waals surface area contributed by atoms with Gasteiger partial charge in [-0.2, -0.15) is 5.10 Å². The van der Waals surface area contributed by atoms with Crippen molar-refractivity contribution in [3.63, 3.8) is 0 Å². The van der Waals surface area contributed by atoms with Gasteiger partial charge < -0.3 is 4.74 Å². The van der Waals surface area contributed by atoms with E-state index in [-0.39, 0.29) is 5.60 Å². The fourth-order valence-electron chi connectivity index (χ4n) is 3.03. The lowest BCUT2D eigenvalue weighted by atomic mass is 9.98. The molecule has 3 nitrogen and oxygen atoms in total. The molecule has 1 saturated carbocycles. The van der Waals surface area contributed by atoms with Gasteiger partial charge in [0.2, 0.25) is 0 Å². The van der Waals surface area contributed by atoms with E-state index < -0.39 is 0 Å². The van der Waals surface area contributed by atoms with Crippen molar-refractivity contribution in [3.05, 3.63) is 18.5 Å². The van der Waals surface area contributed by atoms with Crippen LogP contribution in [0.4, 0.5) is 0 Å². The first-order chi connectivity index (χ1) is 7.36. The number of hydrogen-bond donors (Lipinski definition) is 0. The Bertz CT molecular complexity index is 314. The van der Waals surface area contributed by atoms with Crippen molar-refractivity contribution < 1.29 is 4.74 Å². The van der Waals surface area contributed by atoms with Gasteiger partial charge in [-0.15, -0.1) is 0 Å². The van der Waals surface area contributed by atoms with Crippen molar-refractivity contribution in [2.45, 2.75) is 56.8 Å². The molecule has 0 aromatic carbocycles. The van der Waals surface area contributed by atoms with E-state index in [1.807, 2.05) is 23.1 Å². The molecule has 2 aliphatic rings. The van der Waals surface area contributed by atoms with Crippen LogP contribution in [0.5, 0.6) is 0 Å². The maximum absolute atomic E-state index is 6.22. The Morgan fingerprint density at radius 1 is 1.33 bits per heavy atom. The molecule has 15 heavy (non-hydrogen) atoms. The molecule has 3 heteroatoms. The fourth-order valence-corrected chi connectivity index (χ4v) is 3.03. The molecule has 2 fully saturated rings. The van der Waals surface area contributed by atoms with Gasteiger partial charge in [0.15, 0.2) is 0 Å². The number of ether oxygens (including phenoxy) is 1. The Morgan fingerprint density at radius 2 is 2.20 bits per heavy atom. The fraction of sp³-hybridized carbons (Fsp3) is 0.750. The highest BCUT2D eigenvalue weighted by Gasteiger charge is 2.42. The highest BCUT2D eigenvalue weighted by molar-refractivity contribution is 4.93. The zero-order valence-corrected chi connectivity index (χ0v) is 9.06. The minimum atomic E-state index is 0.262. The van der Waals surface area contributed by atoms with Gasteiger partial charge in [-0.1, -0.05) is 12.8 Å². The number of aromatic nitrogens is 2. The van der Waals surface area contributed by atoms with Gasteiger partial charge in [-0.3, -0.25) is 4.68 Å². The molecule has 0 N–H and O–H groups in total. The molecule has 1 aliphatic carbocycles. The Kier molecular flexibility index (Phi) is 2.28. The van der Waals surface area contributed by atoms with Crippen LogP contribution in [-0.4, -0.2) is 21.5 Å². The Morgan fingerprint density at radius 3 is 2.93 bits per heavy atom. The van der Waals surface area contributed by atoms with Gasteiger partial charge in [0, 0.05) is 12.4 Å². The van der Waals surface area contributed by atoms with Gasteiger partial charge in [0.05, 0.1) is 18.2 Å². The summed E-state index contributed by atoms with van der Waals surface area (Å²) in [6, 6.07) is 1.97. The minimum absolute atomic E-state index is 0.262. The first kappa shape index (κ1) is 9.40. The molecule has 0 radical (unpaired) electrons. The lowest BCUT2D eigenvalue weighted by Crippen LogP contribution is -2.26. The summed E-state index contributed by atoms with van der Waals surface area (Å²) in [5.41, 5.74) is 0.262. The minimum Gasteiger partial charge on any atom is -0.370 e. The first-order valence-electron chi connectivity index (χ1n) is 6.02. The van der Waals surface area contributed by atoms with Crippen LogP contribution in [-0.2, 0) is 11.3 Å². The highest BCUT2D eigenvalue weighted by atomic mass is 16.5. The van der Waals surface area contributed by atoms with Crippen LogP contribution >= 0.6 is 0 Å². The van der Waals surface area contributed by atoms with Crippen molar-refractivity contribution >= 4 is 0 Å². The topological polar surface area (TPSA) is 27.1 Å². The molecule has 1 aromatic heterocycles. The van der Waals surface area contributed by atoms with Gasteiger partial charge in [0.25, 0.3) is 0 Å². The summed E-state index contributed by atoms with van der Waals surface area (Å²) in [4.78, 5) is 0. The van der Waals surface area contributed by atoms with Crippen LogP contribution < -0.4 is 0 Å². The highest BCUT2D eigenvalue weighted by Crippen LogP contribution is 2.43. The average Bonchev–Trinajstić information content (AvgIpc) is 2.92. The average molecular weight is 206 g/mol. The maximum atomic E-state index is 6.22. The summed E-state index contributed by atoms with van der Waals surface area (Å²) in [5.74, 6) is 0. The quantitative estimate of drug-likeness (QED) is 0.742. The van der Waals surface area contributed by atoms with Crippen molar-refractivity contribution in [1.82, 2.24) is 9.78 Å². The number of rotatable bonds is 2. The molecule has 1 saturated heterocycles. The summed E-state index contributed by atoms with van der Waals surface area (Å²) in [6.07, 6.45) is 12.0. The predicted octanol–water partition coefficient (Wildman–Crippen LogP) is 2.37. The molecule has 0 amide bonds. The molecule has 1 spiro atoms. The largest absolute Gasteiger partial charge is 0.370 e. The Hall–Kier alpha value is -0.830. The lowest BCUT2D eigenvalue weighted by molar-refractivity contribution is -0.0429. The lowest BCUT2D eigenvalue weighted by Gasteiger charge is -2.23. The van der Waals surface area contributed by atoms with E-state index in [2.05, 4.69) is 5.10 Å². The molecule has 1 aromatic rings. The van der Waals surface area contributed by atoms with E-state index in [1.54, 1.807) is 0 Å². The number of hydrogen-bond acceptors (Lipinski definition) is 2. The van der Waals surface area contributed by atoms with Crippen molar-refractivity contribution in [2.75, 3.05) is 0 Å². The standard InChI is InChI=1S/C12H18N2O/c1-2-6-12(5-1)7-4-11(15-12)10-14-9-3-8-13-14/h3,8-9,11H,1-2,4-7,10H2. The summed E-state index contributed by atoms with van der Waals surface area (Å²) in [5, 5.41) is 4.23. The molecular weight excluding hydrogens is 188 g/mol. The molecule has 0 bridgehead atoms. The summed E-state index contributed by atoms with van der Waals surface area (Å²) >= 11 is 0. The smallest absolute Gasteiger partial charge is 0.0779 e. The van der Waals surface area contributed by atoms with E-state index >= 15 is 0 Å². The molecule has 1 aliphatic heterocycles.